The summed E-state index contributed by atoms with van der Waals surface area (Å²) < 4.78 is 17.6. The van der Waals surface area contributed by atoms with Crippen LogP contribution in [0.25, 0.3) is 0 Å². The van der Waals surface area contributed by atoms with Crippen molar-refractivity contribution < 1.29 is 33.4 Å². The largest absolute Gasteiger partial charge is 0.488 e. The number of imide groups is 1. The number of nitrogens with one attached hydrogen (secondary N) is 1. The van der Waals surface area contributed by atoms with E-state index < -0.39 is 25.8 Å². The molecule has 1 unspecified atom stereocenters. The third kappa shape index (κ3) is 7.92. The van der Waals surface area contributed by atoms with Gasteiger partial charge in [-0.3, -0.25) is 19.3 Å². The van der Waals surface area contributed by atoms with E-state index in [1.54, 1.807) is 17.0 Å². The Morgan fingerprint density at radius 3 is 2.50 bits per heavy atom. The lowest BCUT2D eigenvalue weighted by molar-refractivity contribution is -0.158. The second-order valence-corrected chi connectivity index (χ2v) is 20.4. The van der Waals surface area contributed by atoms with Crippen LogP contribution >= 0.6 is 0 Å². The molecule has 3 aliphatic rings. The van der Waals surface area contributed by atoms with E-state index in [-0.39, 0.29) is 55.0 Å². The minimum atomic E-state index is -1.30. The van der Waals surface area contributed by atoms with Crippen molar-refractivity contribution in [1.29, 1.82) is 0 Å². The molecule has 232 valence electrons. The molecule has 11 heteroatoms. The molecule has 1 aromatic carbocycles. The maximum absolute atomic E-state index is 13.4. The zero-order valence-electron chi connectivity index (χ0n) is 26.4. The Morgan fingerprint density at radius 2 is 1.83 bits per heavy atom. The van der Waals surface area contributed by atoms with Gasteiger partial charge in [0.05, 0.1) is 6.04 Å². The molecule has 1 saturated carbocycles. The third-order valence-corrected chi connectivity index (χ3v) is 9.65. The van der Waals surface area contributed by atoms with E-state index in [0.717, 1.165) is 29.3 Å². The molecule has 0 aromatic heterocycles. The highest BCUT2D eigenvalue weighted by Gasteiger charge is 2.44. The smallest absolute Gasteiger partial charge is 0.408 e. The lowest BCUT2D eigenvalue weighted by atomic mass is 9.91. The Bertz CT molecular complexity index is 1220. The normalized spacial score (nSPS) is 24.2. The Hall–Kier alpha value is -2.92. The van der Waals surface area contributed by atoms with E-state index in [0.29, 0.717) is 24.3 Å². The summed E-state index contributed by atoms with van der Waals surface area (Å²) in [6, 6.07) is 5.34. The molecule has 3 atom stereocenters. The number of carbonyl (C=O) groups is 4. The molecule has 42 heavy (non-hydrogen) atoms. The summed E-state index contributed by atoms with van der Waals surface area (Å²) >= 11 is 0. The van der Waals surface area contributed by atoms with Crippen LogP contribution in [0.4, 0.5) is 4.79 Å². The average molecular weight is 602 g/mol. The van der Waals surface area contributed by atoms with Gasteiger partial charge in [-0.15, -0.1) is 0 Å². The summed E-state index contributed by atoms with van der Waals surface area (Å²) in [5, 5.41) is 2.98. The lowest BCUT2D eigenvalue weighted by Crippen LogP contribution is -2.55. The highest BCUT2D eigenvalue weighted by atomic mass is 28.3. The van der Waals surface area contributed by atoms with E-state index >= 15 is 0 Å². The van der Waals surface area contributed by atoms with E-state index in [4.69, 9.17) is 14.2 Å². The van der Waals surface area contributed by atoms with Gasteiger partial charge in [0.2, 0.25) is 5.91 Å². The Morgan fingerprint density at radius 1 is 1.12 bits per heavy atom. The number of hydrogen-bond donors (Lipinski definition) is 1. The second-order valence-electron chi connectivity index (χ2n) is 14.8. The van der Waals surface area contributed by atoms with Gasteiger partial charge in [-0.25, -0.2) is 4.79 Å². The standard InChI is InChI=1S/C31H47N3O7Si/c1-30(2,3)41-29(38)32-23-16-31(4,5)17-25(23)40-21-9-10-22-20(15-21)18-33(27(22)36)24-11-12-26(35)34(28(24)37)19-39-13-14-42(6,7)8/h9-10,15,23-25H,11-14,16-19H2,1-8H3,(H,32,38)/t23-,24?,25-/m0/s1. The number of amides is 4. The molecule has 2 aliphatic heterocycles. The predicted octanol–water partition coefficient (Wildman–Crippen LogP) is 4.93. The second kappa shape index (κ2) is 12.0. The Kier molecular flexibility index (Phi) is 9.13. The van der Waals surface area contributed by atoms with E-state index in [9.17, 15) is 19.2 Å². The SMILES string of the molecule is CC1(C)C[C@H](NC(=O)OC(C)(C)C)[C@@H](Oc2ccc3c(c2)CN(C2CCC(=O)N(COCC[Si](C)(C)C)C2=O)C3=O)C1. The van der Waals surface area contributed by atoms with E-state index in [2.05, 4.69) is 38.8 Å². The number of likely N-dealkylation sites (tertiary alicyclic amines) is 1. The lowest BCUT2D eigenvalue weighted by Gasteiger charge is -2.35. The molecule has 0 radical (unpaired) electrons. The summed E-state index contributed by atoms with van der Waals surface area (Å²) in [6.45, 7) is 17.2. The molecule has 1 aromatic rings. The van der Waals surface area contributed by atoms with Crippen LogP contribution in [-0.2, 0) is 25.6 Å². The van der Waals surface area contributed by atoms with Crippen LogP contribution in [-0.4, -0.2) is 78.8 Å². The number of ether oxygens (including phenoxy) is 3. The van der Waals surface area contributed by atoms with Crippen LogP contribution in [0.1, 0.15) is 76.2 Å². The van der Waals surface area contributed by atoms with Crippen LogP contribution in [0.15, 0.2) is 18.2 Å². The van der Waals surface area contributed by atoms with Crippen molar-refractivity contribution in [3.05, 3.63) is 29.3 Å². The van der Waals surface area contributed by atoms with Crippen molar-refractivity contribution in [1.82, 2.24) is 15.1 Å². The summed E-state index contributed by atoms with van der Waals surface area (Å²) in [4.78, 5) is 54.5. The fraction of sp³-hybridized carbons (Fsp3) is 0.677. The van der Waals surface area contributed by atoms with Crippen molar-refractivity contribution in [3.8, 4) is 5.75 Å². The molecule has 10 nitrogen and oxygen atoms in total. The molecule has 1 aliphatic carbocycles. The van der Waals surface area contributed by atoms with Gasteiger partial charge in [0, 0.05) is 33.2 Å². The summed E-state index contributed by atoms with van der Waals surface area (Å²) in [7, 11) is -1.30. The van der Waals surface area contributed by atoms with Crippen LogP contribution < -0.4 is 10.1 Å². The summed E-state index contributed by atoms with van der Waals surface area (Å²) in [5.74, 6) is -0.278. The third-order valence-electron chi connectivity index (χ3n) is 7.95. The first-order valence-corrected chi connectivity index (χ1v) is 18.7. The number of nitrogens with zero attached hydrogens (tertiary/aromatic N) is 2. The zero-order chi connectivity index (χ0) is 31.0. The molecule has 2 fully saturated rings. The van der Waals surface area contributed by atoms with Crippen molar-refractivity contribution in [3.63, 3.8) is 0 Å². The molecule has 2 heterocycles. The maximum Gasteiger partial charge on any atom is 0.408 e. The molecule has 4 amide bonds. The fourth-order valence-electron chi connectivity index (χ4n) is 5.82. The Balaban J connectivity index is 1.41. The van der Waals surface area contributed by atoms with Crippen LogP contribution in [0.2, 0.25) is 25.7 Å². The number of rotatable bonds is 9. The van der Waals surface area contributed by atoms with Crippen LogP contribution in [0, 0.1) is 5.41 Å². The monoisotopic (exact) mass is 601 g/mol. The molecule has 1 saturated heterocycles. The topological polar surface area (TPSA) is 114 Å². The molecule has 4 rings (SSSR count). The van der Waals surface area contributed by atoms with Gasteiger partial charge in [0.1, 0.15) is 30.2 Å². The van der Waals surface area contributed by atoms with Crippen molar-refractivity contribution in [2.45, 2.75) is 116 Å². The fourth-order valence-corrected chi connectivity index (χ4v) is 6.58. The number of fused-ring (bicyclic) bond motifs is 1. The average Bonchev–Trinajstić information content (AvgIpc) is 3.30. The quantitative estimate of drug-likeness (QED) is 0.242. The van der Waals surface area contributed by atoms with Gasteiger partial charge in [-0.1, -0.05) is 33.5 Å². The molecule has 0 spiro atoms. The van der Waals surface area contributed by atoms with Gasteiger partial charge in [0.15, 0.2) is 0 Å². The number of hydrogen-bond acceptors (Lipinski definition) is 7. The first-order valence-electron chi connectivity index (χ1n) is 14.9. The first kappa shape index (κ1) is 32.0. The van der Waals surface area contributed by atoms with Gasteiger partial charge in [0.25, 0.3) is 11.8 Å². The minimum absolute atomic E-state index is 0.0309. The Labute approximate surface area is 250 Å². The molecule has 1 N–H and O–H groups in total. The minimum Gasteiger partial charge on any atom is -0.488 e. The predicted molar refractivity (Wildman–Crippen MR) is 161 cm³/mol. The summed E-state index contributed by atoms with van der Waals surface area (Å²) in [5.41, 5.74) is 0.670. The van der Waals surface area contributed by atoms with Gasteiger partial charge in [-0.2, -0.15) is 0 Å². The van der Waals surface area contributed by atoms with Gasteiger partial charge >= 0.3 is 6.09 Å². The number of alkyl carbamates (subject to hydrolysis) is 1. The van der Waals surface area contributed by atoms with Crippen molar-refractivity contribution >= 4 is 31.9 Å². The highest BCUT2D eigenvalue weighted by Crippen LogP contribution is 2.40. The zero-order valence-corrected chi connectivity index (χ0v) is 27.4. The maximum atomic E-state index is 13.4. The molecular weight excluding hydrogens is 554 g/mol. The molecular formula is C31H47N3O7Si. The first-order chi connectivity index (χ1) is 19.4. The van der Waals surface area contributed by atoms with Gasteiger partial charge < -0.3 is 24.4 Å². The highest BCUT2D eigenvalue weighted by molar-refractivity contribution is 6.76. The number of piperidine rings is 1. The van der Waals surface area contributed by atoms with Crippen LogP contribution in [0.3, 0.4) is 0 Å². The van der Waals surface area contributed by atoms with Gasteiger partial charge in [-0.05, 0) is 75.3 Å². The number of carbonyl (C=O) groups excluding carboxylic acids is 4. The van der Waals surface area contributed by atoms with Crippen molar-refractivity contribution in [2.75, 3.05) is 13.3 Å². The molecule has 0 bridgehead atoms. The van der Waals surface area contributed by atoms with Crippen LogP contribution in [0.5, 0.6) is 5.75 Å². The van der Waals surface area contributed by atoms with E-state index in [1.807, 2.05) is 26.8 Å². The summed E-state index contributed by atoms with van der Waals surface area (Å²) in [6.07, 6.45) is 1.23. The van der Waals surface area contributed by atoms with Crippen molar-refractivity contribution in [2.24, 2.45) is 5.41 Å². The van der Waals surface area contributed by atoms with E-state index in [1.165, 1.54) is 0 Å². The number of benzene rings is 1.